The van der Waals surface area contributed by atoms with Crippen LogP contribution < -0.4 is 0 Å². The van der Waals surface area contributed by atoms with Gasteiger partial charge in [0.05, 0.1) is 18.0 Å². The molecule has 0 radical (unpaired) electrons. The maximum absolute atomic E-state index is 8.94. The minimum atomic E-state index is -0.0168. The van der Waals surface area contributed by atoms with Crippen LogP contribution in [-0.2, 0) is 6.61 Å². The predicted octanol–water partition coefficient (Wildman–Crippen LogP) is 2.49. The minimum absolute atomic E-state index is 0.0168. The van der Waals surface area contributed by atoms with E-state index in [4.69, 9.17) is 5.11 Å². The lowest BCUT2D eigenvalue weighted by molar-refractivity contribution is 0.276. The van der Waals surface area contributed by atoms with E-state index in [1.807, 2.05) is 24.4 Å². The Balaban J connectivity index is 2.27. The molecule has 0 atom stereocenters. The van der Waals surface area contributed by atoms with Gasteiger partial charge in [0.2, 0.25) is 0 Å². The molecule has 1 aromatic heterocycles. The smallest absolute Gasteiger partial charge is 0.0883 e. The Morgan fingerprint density at radius 1 is 1.19 bits per heavy atom. The molecule has 2 aromatic rings. The second-order valence-electron chi connectivity index (χ2n) is 4.16. The Bertz CT molecular complexity index is 457. The largest absolute Gasteiger partial charge is 0.390 e. The molecule has 0 unspecified atom stereocenters. The van der Waals surface area contributed by atoms with Gasteiger partial charge in [-0.05, 0) is 29.7 Å². The van der Waals surface area contributed by atoms with Crippen molar-refractivity contribution in [3.63, 3.8) is 0 Å². The fourth-order valence-electron chi connectivity index (χ4n) is 1.60. The van der Waals surface area contributed by atoms with Crippen LogP contribution in [-0.4, -0.2) is 14.9 Å². The van der Waals surface area contributed by atoms with Crippen LogP contribution in [0.2, 0.25) is 0 Å². The third kappa shape index (κ3) is 2.14. The summed E-state index contributed by atoms with van der Waals surface area (Å²) in [5.74, 6) is 0.541. The van der Waals surface area contributed by atoms with Crippen molar-refractivity contribution in [3.8, 4) is 5.69 Å². The van der Waals surface area contributed by atoms with Gasteiger partial charge in [0.15, 0.2) is 0 Å². The number of nitrogens with zero attached hydrogens (tertiary/aromatic N) is 2. The lowest BCUT2D eigenvalue weighted by atomic mass is 10.0. The molecule has 16 heavy (non-hydrogen) atoms. The Morgan fingerprint density at radius 2 is 1.88 bits per heavy atom. The summed E-state index contributed by atoms with van der Waals surface area (Å²) in [6.45, 7) is 4.33. The summed E-state index contributed by atoms with van der Waals surface area (Å²) in [5, 5.41) is 13.2. The Hall–Kier alpha value is -1.61. The fourth-order valence-corrected chi connectivity index (χ4v) is 1.60. The van der Waals surface area contributed by atoms with E-state index in [2.05, 4.69) is 31.1 Å². The highest BCUT2D eigenvalue weighted by molar-refractivity contribution is 5.35. The topological polar surface area (TPSA) is 38.0 Å². The number of benzene rings is 1. The minimum Gasteiger partial charge on any atom is -0.390 e. The standard InChI is InChI=1S/C13H16N2O/c1-10(2)11-3-5-13(6-4-11)15-8-7-12(9-16)14-15/h3-8,10,16H,9H2,1-2H3. The van der Waals surface area contributed by atoms with Crippen LogP contribution in [0.25, 0.3) is 5.69 Å². The third-order valence-electron chi connectivity index (χ3n) is 2.63. The highest BCUT2D eigenvalue weighted by atomic mass is 16.3. The zero-order valence-corrected chi connectivity index (χ0v) is 9.59. The van der Waals surface area contributed by atoms with Crippen LogP contribution in [0.3, 0.4) is 0 Å². The molecule has 2 rings (SSSR count). The van der Waals surface area contributed by atoms with Crippen LogP contribution in [0.4, 0.5) is 0 Å². The summed E-state index contributed by atoms with van der Waals surface area (Å²) >= 11 is 0. The highest BCUT2D eigenvalue weighted by Crippen LogP contribution is 2.16. The molecule has 0 aliphatic carbocycles. The first-order valence-corrected chi connectivity index (χ1v) is 5.46. The molecule has 0 saturated carbocycles. The fraction of sp³-hybridized carbons (Fsp3) is 0.308. The summed E-state index contributed by atoms with van der Waals surface area (Å²) in [4.78, 5) is 0. The van der Waals surface area contributed by atoms with E-state index in [9.17, 15) is 0 Å². The zero-order valence-electron chi connectivity index (χ0n) is 9.59. The van der Waals surface area contributed by atoms with Crippen molar-refractivity contribution < 1.29 is 5.11 Å². The molecule has 3 nitrogen and oxygen atoms in total. The number of rotatable bonds is 3. The first-order valence-electron chi connectivity index (χ1n) is 5.46. The van der Waals surface area contributed by atoms with Crippen molar-refractivity contribution in [1.82, 2.24) is 9.78 Å². The van der Waals surface area contributed by atoms with Crippen molar-refractivity contribution >= 4 is 0 Å². The van der Waals surface area contributed by atoms with Gasteiger partial charge in [-0.25, -0.2) is 4.68 Å². The van der Waals surface area contributed by atoms with Gasteiger partial charge in [0, 0.05) is 6.20 Å². The molecular formula is C13H16N2O. The van der Waals surface area contributed by atoms with Crippen molar-refractivity contribution in [2.45, 2.75) is 26.4 Å². The molecule has 0 aliphatic rings. The number of hydrogen-bond acceptors (Lipinski definition) is 2. The molecule has 3 heteroatoms. The molecule has 0 amide bonds. The third-order valence-corrected chi connectivity index (χ3v) is 2.63. The van der Waals surface area contributed by atoms with E-state index in [1.165, 1.54) is 5.56 Å². The van der Waals surface area contributed by atoms with Crippen LogP contribution >= 0.6 is 0 Å². The van der Waals surface area contributed by atoms with E-state index in [0.29, 0.717) is 11.6 Å². The van der Waals surface area contributed by atoms with E-state index in [-0.39, 0.29) is 6.61 Å². The van der Waals surface area contributed by atoms with E-state index in [0.717, 1.165) is 5.69 Å². The SMILES string of the molecule is CC(C)c1ccc(-n2ccc(CO)n2)cc1. The lowest BCUT2D eigenvalue weighted by Crippen LogP contribution is -1.97. The van der Waals surface area contributed by atoms with Gasteiger partial charge in [-0.3, -0.25) is 0 Å². The van der Waals surface area contributed by atoms with Gasteiger partial charge >= 0.3 is 0 Å². The van der Waals surface area contributed by atoms with Crippen molar-refractivity contribution in [1.29, 1.82) is 0 Å². The molecule has 0 saturated heterocycles. The molecule has 0 bridgehead atoms. The van der Waals surface area contributed by atoms with E-state index >= 15 is 0 Å². The lowest BCUT2D eigenvalue weighted by Gasteiger charge is -2.06. The second kappa shape index (κ2) is 4.49. The summed E-state index contributed by atoms with van der Waals surface area (Å²) in [6.07, 6.45) is 1.86. The Kier molecular flexibility index (Phi) is 3.06. The van der Waals surface area contributed by atoms with Crippen LogP contribution in [0.15, 0.2) is 36.5 Å². The van der Waals surface area contributed by atoms with Crippen LogP contribution in [0.1, 0.15) is 31.0 Å². The van der Waals surface area contributed by atoms with Gasteiger partial charge in [-0.2, -0.15) is 5.10 Å². The molecular weight excluding hydrogens is 200 g/mol. The van der Waals surface area contributed by atoms with Gasteiger partial charge in [-0.15, -0.1) is 0 Å². The van der Waals surface area contributed by atoms with Crippen molar-refractivity contribution in [2.24, 2.45) is 0 Å². The van der Waals surface area contributed by atoms with Crippen LogP contribution in [0, 0.1) is 0 Å². The predicted molar refractivity (Wildman–Crippen MR) is 63.6 cm³/mol. The maximum atomic E-state index is 8.94. The Labute approximate surface area is 95.3 Å². The first-order chi connectivity index (χ1) is 7.70. The highest BCUT2D eigenvalue weighted by Gasteiger charge is 2.02. The molecule has 0 spiro atoms. The molecule has 1 N–H and O–H groups in total. The van der Waals surface area contributed by atoms with Crippen molar-refractivity contribution in [2.75, 3.05) is 0 Å². The monoisotopic (exact) mass is 216 g/mol. The summed E-state index contributed by atoms with van der Waals surface area (Å²) in [6, 6.07) is 10.1. The van der Waals surface area contributed by atoms with E-state index < -0.39 is 0 Å². The summed E-state index contributed by atoms with van der Waals surface area (Å²) in [5.41, 5.74) is 3.02. The van der Waals surface area contributed by atoms with Gasteiger partial charge in [0.25, 0.3) is 0 Å². The van der Waals surface area contributed by atoms with Crippen molar-refractivity contribution in [3.05, 3.63) is 47.8 Å². The first kappa shape index (κ1) is 10.9. The quantitative estimate of drug-likeness (QED) is 0.856. The zero-order chi connectivity index (χ0) is 11.5. The van der Waals surface area contributed by atoms with Crippen LogP contribution in [0.5, 0.6) is 0 Å². The second-order valence-corrected chi connectivity index (χ2v) is 4.16. The molecule has 0 aliphatic heterocycles. The molecule has 0 fully saturated rings. The van der Waals surface area contributed by atoms with Gasteiger partial charge < -0.3 is 5.11 Å². The van der Waals surface area contributed by atoms with E-state index in [1.54, 1.807) is 4.68 Å². The van der Waals surface area contributed by atoms with Gasteiger partial charge in [0.1, 0.15) is 0 Å². The Morgan fingerprint density at radius 3 is 2.38 bits per heavy atom. The number of aliphatic hydroxyl groups excluding tert-OH is 1. The maximum Gasteiger partial charge on any atom is 0.0883 e. The summed E-state index contributed by atoms with van der Waals surface area (Å²) < 4.78 is 1.77. The number of aromatic nitrogens is 2. The summed E-state index contributed by atoms with van der Waals surface area (Å²) in [7, 11) is 0. The average molecular weight is 216 g/mol. The molecule has 1 heterocycles. The molecule has 84 valence electrons. The average Bonchev–Trinajstić information content (AvgIpc) is 2.77. The number of hydrogen-bond donors (Lipinski definition) is 1. The van der Waals surface area contributed by atoms with Gasteiger partial charge in [-0.1, -0.05) is 26.0 Å². The molecule has 1 aromatic carbocycles. The number of aliphatic hydroxyl groups is 1. The normalized spacial score (nSPS) is 11.0.